The number of nitrogens with zero attached hydrogens (tertiary/aromatic N) is 3. The lowest BCUT2D eigenvalue weighted by Gasteiger charge is -2.34. The number of benzene rings is 2. The van der Waals surface area contributed by atoms with Crippen molar-refractivity contribution in [3.63, 3.8) is 0 Å². The van der Waals surface area contributed by atoms with Crippen molar-refractivity contribution < 1.29 is 14.0 Å². The molecular formula is C22H19ClFN3O2S. The molecule has 30 heavy (non-hydrogen) atoms. The van der Waals surface area contributed by atoms with Gasteiger partial charge in [-0.25, -0.2) is 9.37 Å². The minimum Gasteiger partial charge on any atom is -0.335 e. The number of aromatic nitrogens is 1. The summed E-state index contributed by atoms with van der Waals surface area (Å²) in [6.45, 7) is 1.60. The maximum atomic E-state index is 13.2. The van der Waals surface area contributed by atoms with Crippen LogP contribution in [0.1, 0.15) is 31.4 Å². The third kappa shape index (κ3) is 4.52. The molecule has 0 unspecified atom stereocenters. The van der Waals surface area contributed by atoms with Crippen LogP contribution in [0.4, 0.5) is 4.39 Å². The van der Waals surface area contributed by atoms with Crippen LogP contribution in [-0.2, 0) is 6.42 Å². The molecule has 0 saturated carbocycles. The van der Waals surface area contributed by atoms with Gasteiger partial charge in [0.1, 0.15) is 11.5 Å². The standard InChI is InChI=1S/C22H19ClFN3O2S/c23-18-13-16(24)6-7-17(18)21(28)26-8-10-27(11-9-26)22(29)19-14-30-20(25-19)12-15-4-2-1-3-5-15/h1-7,13-14H,8-12H2. The van der Waals surface area contributed by atoms with Crippen molar-refractivity contribution in [3.8, 4) is 0 Å². The highest BCUT2D eigenvalue weighted by molar-refractivity contribution is 7.09. The largest absolute Gasteiger partial charge is 0.335 e. The fourth-order valence-corrected chi connectivity index (χ4v) is 4.42. The third-order valence-corrected chi connectivity index (χ3v) is 6.15. The Balaban J connectivity index is 1.36. The molecule has 1 saturated heterocycles. The summed E-state index contributed by atoms with van der Waals surface area (Å²) in [6, 6.07) is 13.7. The number of carbonyl (C=O) groups excluding carboxylic acids is 2. The Bertz CT molecular complexity index is 1070. The van der Waals surface area contributed by atoms with E-state index in [4.69, 9.17) is 11.6 Å². The zero-order valence-corrected chi connectivity index (χ0v) is 17.6. The molecule has 4 rings (SSSR count). The molecule has 0 N–H and O–H groups in total. The van der Waals surface area contributed by atoms with Gasteiger partial charge < -0.3 is 9.80 Å². The van der Waals surface area contributed by atoms with Crippen LogP contribution in [0.15, 0.2) is 53.9 Å². The smallest absolute Gasteiger partial charge is 0.273 e. The second-order valence-corrected chi connectivity index (χ2v) is 8.35. The Labute approximate surface area is 182 Å². The molecule has 3 aromatic rings. The van der Waals surface area contributed by atoms with Gasteiger partial charge in [-0.3, -0.25) is 9.59 Å². The predicted octanol–water partition coefficient (Wildman–Crippen LogP) is 4.12. The van der Waals surface area contributed by atoms with Crippen molar-refractivity contribution in [3.05, 3.63) is 86.6 Å². The zero-order chi connectivity index (χ0) is 21.1. The van der Waals surface area contributed by atoms with E-state index in [2.05, 4.69) is 4.98 Å². The summed E-state index contributed by atoms with van der Waals surface area (Å²) < 4.78 is 13.2. The van der Waals surface area contributed by atoms with Crippen molar-refractivity contribution in [2.45, 2.75) is 6.42 Å². The van der Waals surface area contributed by atoms with Crippen LogP contribution >= 0.6 is 22.9 Å². The highest BCUT2D eigenvalue weighted by Gasteiger charge is 2.27. The highest BCUT2D eigenvalue weighted by atomic mass is 35.5. The van der Waals surface area contributed by atoms with Crippen LogP contribution in [0.5, 0.6) is 0 Å². The van der Waals surface area contributed by atoms with E-state index in [1.165, 1.54) is 23.5 Å². The maximum absolute atomic E-state index is 13.2. The minimum atomic E-state index is -0.484. The first-order chi connectivity index (χ1) is 14.5. The molecule has 0 atom stereocenters. The lowest BCUT2D eigenvalue weighted by molar-refractivity contribution is 0.0532. The molecule has 0 spiro atoms. The summed E-state index contributed by atoms with van der Waals surface area (Å²) in [5.74, 6) is -0.870. The molecule has 2 aromatic carbocycles. The van der Waals surface area contributed by atoms with E-state index in [-0.39, 0.29) is 22.4 Å². The molecule has 154 valence electrons. The van der Waals surface area contributed by atoms with Gasteiger partial charge in [0.15, 0.2) is 0 Å². The second kappa shape index (κ2) is 8.93. The fraction of sp³-hybridized carbons (Fsp3) is 0.227. The van der Waals surface area contributed by atoms with Crippen LogP contribution in [-0.4, -0.2) is 52.8 Å². The van der Waals surface area contributed by atoms with E-state index in [9.17, 15) is 14.0 Å². The van der Waals surface area contributed by atoms with E-state index in [1.54, 1.807) is 15.2 Å². The van der Waals surface area contributed by atoms with Gasteiger partial charge in [-0.15, -0.1) is 11.3 Å². The number of hydrogen-bond acceptors (Lipinski definition) is 4. The van der Waals surface area contributed by atoms with Crippen LogP contribution in [0.25, 0.3) is 0 Å². The minimum absolute atomic E-state index is 0.0897. The van der Waals surface area contributed by atoms with Gasteiger partial charge in [0.25, 0.3) is 11.8 Å². The Hall–Kier alpha value is -2.77. The molecule has 0 bridgehead atoms. The van der Waals surface area contributed by atoms with E-state index in [0.717, 1.165) is 16.6 Å². The first-order valence-corrected chi connectivity index (χ1v) is 10.8. The van der Waals surface area contributed by atoms with Crippen LogP contribution in [0, 0.1) is 5.82 Å². The van der Waals surface area contributed by atoms with E-state index in [1.807, 2.05) is 30.3 Å². The number of piperazine rings is 1. The summed E-state index contributed by atoms with van der Waals surface area (Å²) in [5, 5.41) is 2.77. The summed E-state index contributed by atoms with van der Waals surface area (Å²) in [6.07, 6.45) is 0.694. The lowest BCUT2D eigenvalue weighted by atomic mass is 10.1. The van der Waals surface area contributed by atoms with Crippen molar-refractivity contribution in [1.29, 1.82) is 0 Å². The zero-order valence-electron chi connectivity index (χ0n) is 16.1. The van der Waals surface area contributed by atoms with E-state index >= 15 is 0 Å². The molecule has 5 nitrogen and oxygen atoms in total. The van der Waals surface area contributed by atoms with Crippen molar-refractivity contribution in [1.82, 2.24) is 14.8 Å². The SMILES string of the molecule is O=C(c1csc(Cc2ccccc2)n1)N1CCN(C(=O)c2ccc(F)cc2Cl)CC1. The van der Waals surface area contributed by atoms with Crippen molar-refractivity contribution >= 4 is 34.8 Å². The van der Waals surface area contributed by atoms with Gasteiger partial charge in [0.05, 0.1) is 15.6 Å². The Kier molecular flexibility index (Phi) is 6.11. The molecule has 1 fully saturated rings. The Morgan fingerprint density at radius 1 is 1.00 bits per heavy atom. The van der Waals surface area contributed by atoms with Gasteiger partial charge in [0.2, 0.25) is 0 Å². The summed E-state index contributed by atoms with van der Waals surface area (Å²) in [5.41, 5.74) is 1.85. The quantitative estimate of drug-likeness (QED) is 0.609. The molecule has 0 radical (unpaired) electrons. The van der Waals surface area contributed by atoms with Crippen LogP contribution in [0.3, 0.4) is 0 Å². The summed E-state index contributed by atoms with van der Waals surface area (Å²) in [7, 11) is 0. The van der Waals surface area contributed by atoms with E-state index in [0.29, 0.717) is 38.3 Å². The second-order valence-electron chi connectivity index (χ2n) is 7.00. The Morgan fingerprint density at radius 2 is 1.67 bits per heavy atom. The molecule has 1 aliphatic heterocycles. The van der Waals surface area contributed by atoms with Crippen molar-refractivity contribution in [2.75, 3.05) is 26.2 Å². The number of thiazole rings is 1. The first kappa shape index (κ1) is 20.5. The monoisotopic (exact) mass is 443 g/mol. The number of carbonyl (C=O) groups is 2. The molecule has 0 aliphatic carbocycles. The van der Waals surface area contributed by atoms with Gasteiger partial charge in [-0.05, 0) is 23.8 Å². The lowest BCUT2D eigenvalue weighted by Crippen LogP contribution is -2.50. The normalized spacial score (nSPS) is 14.1. The molecule has 1 aliphatic rings. The topological polar surface area (TPSA) is 53.5 Å². The van der Waals surface area contributed by atoms with Crippen molar-refractivity contribution in [2.24, 2.45) is 0 Å². The van der Waals surface area contributed by atoms with Gasteiger partial charge in [0, 0.05) is 38.0 Å². The van der Waals surface area contributed by atoms with Gasteiger partial charge in [-0.2, -0.15) is 0 Å². The molecule has 1 aromatic heterocycles. The third-order valence-electron chi connectivity index (χ3n) is 4.98. The fourth-order valence-electron chi connectivity index (χ4n) is 3.37. The average Bonchev–Trinajstić information content (AvgIpc) is 3.22. The number of halogens is 2. The van der Waals surface area contributed by atoms with Gasteiger partial charge in [-0.1, -0.05) is 41.9 Å². The maximum Gasteiger partial charge on any atom is 0.273 e. The summed E-state index contributed by atoms with van der Waals surface area (Å²) in [4.78, 5) is 33.3. The molecule has 8 heteroatoms. The van der Waals surface area contributed by atoms with Crippen LogP contribution < -0.4 is 0 Å². The predicted molar refractivity (Wildman–Crippen MR) is 115 cm³/mol. The number of rotatable bonds is 4. The highest BCUT2D eigenvalue weighted by Crippen LogP contribution is 2.21. The molecule has 2 heterocycles. The van der Waals surface area contributed by atoms with Gasteiger partial charge >= 0.3 is 0 Å². The molecular weight excluding hydrogens is 425 g/mol. The Morgan fingerprint density at radius 3 is 2.33 bits per heavy atom. The average molecular weight is 444 g/mol. The summed E-state index contributed by atoms with van der Waals surface area (Å²) >= 11 is 7.48. The number of amides is 2. The first-order valence-electron chi connectivity index (χ1n) is 9.53. The van der Waals surface area contributed by atoms with E-state index < -0.39 is 5.82 Å². The number of hydrogen-bond donors (Lipinski definition) is 0. The molecule has 2 amide bonds. The van der Waals surface area contributed by atoms with Crippen LogP contribution in [0.2, 0.25) is 5.02 Å².